The Morgan fingerprint density at radius 3 is 2.50 bits per heavy atom. The molecule has 0 amide bonds. The van der Waals surface area contributed by atoms with Crippen molar-refractivity contribution in [1.29, 1.82) is 0 Å². The molecule has 2 aromatic rings. The van der Waals surface area contributed by atoms with Crippen LogP contribution >= 0.6 is 0 Å². The zero-order chi connectivity index (χ0) is 17.3. The van der Waals surface area contributed by atoms with Crippen LogP contribution in [0, 0.1) is 6.92 Å². The summed E-state index contributed by atoms with van der Waals surface area (Å²) < 4.78 is 32.5. The quantitative estimate of drug-likeness (QED) is 0.798. The van der Waals surface area contributed by atoms with Gasteiger partial charge in [0.1, 0.15) is 6.61 Å². The molecule has 24 heavy (non-hydrogen) atoms. The maximum atomic E-state index is 13.1. The number of aryl methyl sites for hydroxylation is 2. The molecule has 0 N–H and O–H groups in total. The average molecular weight is 347 g/mol. The fraction of sp³-hybridized carbons (Fsp3) is 0.389. The Balaban J connectivity index is 2.10. The standard InChI is InChI=1S/C18H21NO4S/c1-13-7-9-16(10-8-13)24(21,22)19-11-15-5-3-4-6-17(15)18(19)12-23-14(2)20/h7-11H,3-6,12H2,1-2H3. The molecule has 0 unspecified atom stereocenters. The fourth-order valence-corrected chi connectivity index (χ4v) is 4.54. The third-order valence-electron chi connectivity index (χ3n) is 4.39. The molecule has 0 fully saturated rings. The molecule has 0 saturated heterocycles. The van der Waals surface area contributed by atoms with Crippen molar-refractivity contribution < 1.29 is 17.9 Å². The highest BCUT2D eigenvalue weighted by molar-refractivity contribution is 7.90. The van der Waals surface area contributed by atoms with E-state index < -0.39 is 16.0 Å². The fourth-order valence-electron chi connectivity index (χ4n) is 3.11. The third-order valence-corrected chi connectivity index (χ3v) is 6.10. The highest BCUT2D eigenvalue weighted by Crippen LogP contribution is 2.30. The lowest BCUT2D eigenvalue weighted by atomic mass is 9.94. The highest BCUT2D eigenvalue weighted by atomic mass is 32.2. The number of fused-ring (bicyclic) bond motifs is 1. The third kappa shape index (κ3) is 3.11. The molecule has 0 bridgehead atoms. The maximum absolute atomic E-state index is 13.1. The topological polar surface area (TPSA) is 65.4 Å². The molecular formula is C18H21NO4S. The lowest BCUT2D eigenvalue weighted by molar-refractivity contribution is -0.142. The molecule has 128 valence electrons. The Morgan fingerprint density at radius 2 is 1.83 bits per heavy atom. The number of rotatable bonds is 4. The van der Waals surface area contributed by atoms with E-state index in [2.05, 4.69) is 0 Å². The molecule has 0 aliphatic heterocycles. The molecule has 1 heterocycles. The maximum Gasteiger partial charge on any atom is 0.303 e. The summed E-state index contributed by atoms with van der Waals surface area (Å²) in [4.78, 5) is 11.4. The zero-order valence-corrected chi connectivity index (χ0v) is 14.7. The molecule has 1 aromatic carbocycles. The summed E-state index contributed by atoms with van der Waals surface area (Å²) in [6.45, 7) is 3.22. The first-order valence-corrected chi connectivity index (χ1v) is 9.51. The van der Waals surface area contributed by atoms with Gasteiger partial charge in [-0.15, -0.1) is 0 Å². The average Bonchev–Trinajstić information content (AvgIpc) is 2.93. The Bertz CT molecular complexity index is 863. The van der Waals surface area contributed by atoms with E-state index in [4.69, 9.17) is 4.74 Å². The Hall–Kier alpha value is -2.08. The molecule has 5 nitrogen and oxygen atoms in total. The van der Waals surface area contributed by atoms with Gasteiger partial charge in [-0.1, -0.05) is 17.7 Å². The van der Waals surface area contributed by atoms with Gasteiger partial charge in [-0.25, -0.2) is 12.4 Å². The smallest absolute Gasteiger partial charge is 0.303 e. The molecule has 1 aromatic heterocycles. The van der Waals surface area contributed by atoms with Gasteiger partial charge in [0.2, 0.25) is 0 Å². The van der Waals surface area contributed by atoms with E-state index >= 15 is 0 Å². The van der Waals surface area contributed by atoms with Crippen LogP contribution in [0.15, 0.2) is 35.4 Å². The van der Waals surface area contributed by atoms with Crippen LogP contribution in [0.25, 0.3) is 0 Å². The number of carbonyl (C=O) groups is 1. The highest BCUT2D eigenvalue weighted by Gasteiger charge is 2.26. The van der Waals surface area contributed by atoms with Gasteiger partial charge in [0.05, 0.1) is 10.6 Å². The summed E-state index contributed by atoms with van der Waals surface area (Å²) in [6.07, 6.45) is 5.45. The van der Waals surface area contributed by atoms with Gasteiger partial charge >= 0.3 is 5.97 Å². The van der Waals surface area contributed by atoms with Gasteiger partial charge < -0.3 is 4.74 Å². The Labute approximate surface area is 142 Å². The van der Waals surface area contributed by atoms with Gasteiger partial charge in [0.15, 0.2) is 0 Å². The van der Waals surface area contributed by atoms with E-state index in [1.165, 1.54) is 10.9 Å². The summed E-state index contributed by atoms with van der Waals surface area (Å²) in [5.41, 5.74) is 3.62. The van der Waals surface area contributed by atoms with Gasteiger partial charge in [-0.2, -0.15) is 0 Å². The lowest BCUT2D eigenvalue weighted by Crippen LogP contribution is -2.17. The molecule has 3 rings (SSSR count). The van der Waals surface area contributed by atoms with Crippen LogP contribution in [0.4, 0.5) is 0 Å². The van der Waals surface area contributed by atoms with Gasteiger partial charge in [0.25, 0.3) is 10.0 Å². The van der Waals surface area contributed by atoms with Gasteiger partial charge in [-0.3, -0.25) is 4.79 Å². The molecule has 6 heteroatoms. The molecule has 0 spiro atoms. The number of benzene rings is 1. The summed E-state index contributed by atoms with van der Waals surface area (Å²) >= 11 is 0. The minimum Gasteiger partial charge on any atom is -0.459 e. The van der Waals surface area contributed by atoms with Crippen molar-refractivity contribution in [3.63, 3.8) is 0 Å². The van der Waals surface area contributed by atoms with Crippen LogP contribution in [-0.4, -0.2) is 18.4 Å². The predicted molar refractivity (Wildman–Crippen MR) is 90.3 cm³/mol. The molecule has 0 atom stereocenters. The SMILES string of the molecule is CC(=O)OCc1c2c(cn1S(=O)(=O)c1ccc(C)cc1)CCCC2. The number of hydrogen-bond acceptors (Lipinski definition) is 4. The Kier molecular flexibility index (Phi) is 4.49. The number of nitrogens with zero attached hydrogens (tertiary/aromatic N) is 1. The van der Waals surface area contributed by atoms with Gasteiger partial charge in [-0.05, 0) is 55.9 Å². The minimum absolute atomic E-state index is 0.0181. The molecule has 0 radical (unpaired) electrons. The van der Waals surface area contributed by atoms with Crippen molar-refractivity contribution in [2.24, 2.45) is 0 Å². The van der Waals surface area contributed by atoms with Crippen molar-refractivity contribution in [1.82, 2.24) is 3.97 Å². The predicted octanol–water partition coefficient (Wildman–Crippen LogP) is 2.98. The van der Waals surface area contributed by atoms with Crippen LogP contribution in [-0.2, 0) is 39.0 Å². The number of esters is 1. The van der Waals surface area contributed by atoms with Crippen molar-refractivity contribution in [2.45, 2.75) is 51.0 Å². The Morgan fingerprint density at radius 1 is 1.17 bits per heavy atom. The lowest BCUT2D eigenvalue weighted by Gasteiger charge is -2.14. The second kappa shape index (κ2) is 6.43. The molecule has 1 aliphatic carbocycles. The van der Waals surface area contributed by atoms with Gasteiger partial charge in [0, 0.05) is 13.1 Å². The summed E-state index contributed by atoms with van der Waals surface area (Å²) in [5, 5.41) is 0. The van der Waals surface area contributed by atoms with Crippen LogP contribution in [0.2, 0.25) is 0 Å². The normalized spacial score (nSPS) is 14.2. The minimum atomic E-state index is -3.70. The van der Waals surface area contributed by atoms with Crippen molar-refractivity contribution in [3.05, 3.63) is 52.8 Å². The van der Waals surface area contributed by atoms with E-state index in [1.807, 2.05) is 6.92 Å². The largest absolute Gasteiger partial charge is 0.459 e. The summed E-state index contributed by atoms with van der Waals surface area (Å²) in [5.74, 6) is -0.417. The summed E-state index contributed by atoms with van der Waals surface area (Å²) in [7, 11) is -3.70. The van der Waals surface area contributed by atoms with E-state index in [9.17, 15) is 13.2 Å². The van der Waals surface area contributed by atoms with Crippen molar-refractivity contribution in [3.8, 4) is 0 Å². The first kappa shape index (κ1) is 16.8. The molecular weight excluding hydrogens is 326 g/mol. The van der Waals surface area contributed by atoms with Crippen LogP contribution in [0.5, 0.6) is 0 Å². The molecule has 1 aliphatic rings. The number of ether oxygens (including phenoxy) is 1. The second-order valence-electron chi connectivity index (χ2n) is 6.18. The monoisotopic (exact) mass is 347 g/mol. The van der Waals surface area contributed by atoms with E-state index in [1.54, 1.807) is 30.5 Å². The van der Waals surface area contributed by atoms with E-state index in [0.29, 0.717) is 5.69 Å². The zero-order valence-electron chi connectivity index (χ0n) is 13.9. The van der Waals surface area contributed by atoms with Crippen LogP contribution in [0.3, 0.4) is 0 Å². The van der Waals surface area contributed by atoms with E-state index in [-0.39, 0.29) is 11.5 Å². The number of aromatic nitrogens is 1. The summed E-state index contributed by atoms with van der Waals surface area (Å²) in [6, 6.07) is 6.78. The van der Waals surface area contributed by atoms with Crippen LogP contribution in [0.1, 0.15) is 42.1 Å². The first-order valence-electron chi connectivity index (χ1n) is 8.07. The van der Waals surface area contributed by atoms with Crippen LogP contribution < -0.4 is 0 Å². The van der Waals surface area contributed by atoms with Crippen molar-refractivity contribution in [2.75, 3.05) is 0 Å². The first-order chi connectivity index (χ1) is 11.4. The second-order valence-corrected chi connectivity index (χ2v) is 8.00. The number of hydrogen-bond donors (Lipinski definition) is 0. The molecule has 0 saturated carbocycles. The van der Waals surface area contributed by atoms with E-state index in [0.717, 1.165) is 42.4 Å². The number of carbonyl (C=O) groups excluding carboxylic acids is 1. The van der Waals surface area contributed by atoms with Crippen molar-refractivity contribution >= 4 is 16.0 Å².